The Hall–Kier alpha value is -6.90. The van der Waals surface area contributed by atoms with Gasteiger partial charge >= 0.3 is 0 Å². The predicted octanol–water partition coefficient (Wildman–Crippen LogP) is 8.39. The van der Waals surface area contributed by atoms with E-state index in [9.17, 15) is 14.4 Å². The molecule has 3 aliphatic heterocycles. The molecule has 0 amide bonds. The number of nitrogen functional groups attached to an aromatic ring is 3. The van der Waals surface area contributed by atoms with Crippen molar-refractivity contribution in [1.29, 1.82) is 0 Å². The van der Waals surface area contributed by atoms with Crippen molar-refractivity contribution in [3.63, 3.8) is 0 Å². The molecule has 0 saturated carbocycles. The number of hydrogen-bond acceptors (Lipinski definition) is 12. The van der Waals surface area contributed by atoms with Crippen LogP contribution in [0.25, 0.3) is 0 Å². The lowest BCUT2D eigenvalue weighted by atomic mass is 9.90. The Morgan fingerprint density at radius 2 is 0.701 bits per heavy atom. The van der Waals surface area contributed by atoms with Gasteiger partial charge in [0.2, 0.25) is 0 Å². The molecule has 3 atom stereocenters. The highest BCUT2D eigenvalue weighted by molar-refractivity contribution is 5.92. The van der Waals surface area contributed by atoms with Crippen molar-refractivity contribution in [2.45, 2.75) is 121 Å². The number of carbonyl (C=O) groups excluding carboxylic acids is 3. The number of rotatable bonds is 3. The molecule has 0 bridgehead atoms. The van der Waals surface area contributed by atoms with Crippen molar-refractivity contribution in [2.24, 2.45) is 0 Å². The number of fused-ring (bicyclic) bond motifs is 6. The average Bonchev–Trinajstić information content (AvgIpc) is 4.02. The number of nitrogens with one attached hydrogen (secondary N) is 3. The van der Waals surface area contributed by atoms with Gasteiger partial charge in [-0.25, -0.2) is 0 Å². The van der Waals surface area contributed by atoms with E-state index in [1.165, 1.54) is 14.0 Å². The zero-order valence-electron chi connectivity index (χ0n) is 37.5. The topological polar surface area (TPSA) is 219 Å². The van der Waals surface area contributed by atoms with Crippen LogP contribution < -0.4 is 33.2 Å². The first-order valence-electron chi connectivity index (χ1n) is 24.0. The van der Waals surface area contributed by atoms with Crippen LogP contribution in [-0.2, 0) is 38.5 Å². The van der Waals surface area contributed by atoms with E-state index in [1.807, 2.05) is 72.8 Å². The summed E-state index contributed by atoms with van der Waals surface area (Å²) in [6, 6.07) is 24.0. The van der Waals surface area contributed by atoms with Crippen LogP contribution in [0.1, 0.15) is 148 Å². The maximum atomic E-state index is 13.0. The van der Waals surface area contributed by atoms with Gasteiger partial charge < -0.3 is 33.2 Å². The molecule has 6 aliphatic rings. The van der Waals surface area contributed by atoms with Gasteiger partial charge in [-0.15, -0.1) is 0 Å². The smallest absolute Gasteiger partial charge is 0.256 e. The van der Waals surface area contributed by atoms with Crippen molar-refractivity contribution in [2.75, 3.05) is 52.8 Å². The summed E-state index contributed by atoms with van der Waals surface area (Å²) in [7, 11) is 0. The molecule has 15 nitrogen and oxygen atoms in total. The van der Waals surface area contributed by atoms with Crippen LogP contribution in [0.5, 0.6) is 0 Å². The number of anilines is 6. The van der Waals surface area contributed by atoms with Gasteiger partial charge in [0.15, 0.2) is 0 Å². The lowest BCUT2D eigenvalue weighted by Gasteiger charge is -2.25. The molecule has 67 heavy (non-hydrogen) atoms. The fourth-order valence-electron chi connectivity index (χ4n) is 10.9. The van der Waals surface area contributed by atoms with Crippen molar-refractivity contribution in [3.8, 4) is 0 Å². The second kappa shape index (κ2) is 19.5. The standard InChI is InChI=1S/3C17H20N4O.CH4/c3*18-16-13-6-2-4-8-15(13)20-21(16)17(22)12-9-10-19-14-7-3-1-5-11(12)14;/h3*1,3,5,7,12,19H,2,4,6,8-10,18H2;1H4/t12-;;;/m0.../s1. The van der Waals surface area contributed by atoms with Crippen LogP contribution in [0.2, 0.25) is 0 Å². The molecule has 12 rings (SSSR count). The maximum absolute atomic E-state index is 13.0. The SMILES string of the molecule is C.Nc1c2c(nn1C(=O)C1CCNc3ccccc31)CCCC2.Nc1c2c(nn1C(=O)C1CCNc3ccccc31)CCCC2.Nc1c2c(nn1C(=O)[C@H]1CCNc3ccccc31)CCCC2. The molecule has 6 aromatic rings. The Balaban J connectivity index is 0.000000125. The van der Waals surface area contributed by atoms with E-state index in [-0.39, 0.29) is 42.9 Å². The van der Waals surface area contributed by atoms with Gasteiger partial charge in [0.05, 0.1) is 34.8 Å². The quantitative estimate of drug-likeness (QED) is 0.0987. The van der Waals surface area contributed by atoms with Crippen LogP contribution in [0.3, 0.4) is 0 Å². The second-order valence-corrected chi connectivity index (χ2v) is 18.4. The van der Waals surface area contributed by atoms with Crippen LogP contribution >= 0.6 is 0 Å². The van der Waals surface area contributed by atoms with Crippen molar-refractivity contribution >= 4 is 52.2 Å². The summed E-state index contributed by atoms with van der Waals surface area (Å²) < 4.78 is 4.38. The molecule has 3 aliphatic carbocycles. The van der Waals surface area contributed by atoms with E-state index in [1.54, 1.807) is 0 Å². The van der Waals surface area contributed by atoms with E-state index >= 15 is 0 Å². The third-order valence-corrected chi connectivity index (χ3v) is 14.4. The Kier molecular flexibility index (Phi) is 13.2. The summed E-state index contributed by atoms with van der Waals surface area (Å²) >= 11 is 0. The Labute approximate surface area is 392 Å². The Morgan fingerprint density at radius 1 is 0.433 bits per heavy atom. The Bertz CT molecular complexity index is 2500. The number of aryl methyl sites for hydroxylation is 3. The number of benzene rings is 3. The summed E-state index contributed by atoms with van der Waals surface area (Å²) in [5.74, 6) is 1.16. The van der Waals surface area contributed by atoms with Gasteiger partial charge in [-0.2, -0.15) is 29.3 Å². The first kappa shape index (κ1) is 45.3. The normalized spacial score (nSPS) is 19.6. The minimum absolute atomic E-state index is 0. The van der Waals surface area contributed by atoms with Crippen molar-refractivity contribution in [1.82, 2.24) is 29.3 Å². The number of para-hydroxylation sites is 3. The highest BCUT2D eigenvalue weighted by Gasteiger charge is 2.34. The molecule has 3 aromatic heterocycles. The summed E-state index contributed by atoms with van der Waals surface area (Å²) in [5, 5.41) is 23.6. The number of carbonyl (C=O) groups is 3. The lowest BCUT2D eigenvalue weighted by molar-refractivity contribution is 0.0851. The molecule has 0 fully saturated rings. The minimum Gasteiger partial charge on any atom is -0.385 e. The second-order valence-electron chi connectivity index (χ2n) is 18.4. The third kappa shape index (κ3) is 8.67. The number of hydrogen-bond donors (Lipinski definition) is 6. The van der Waals surface area contributed by atoms with Crippen LogP contribution in [0, 0.1) is 0 Å². The maximum Gasteiger partial charge on any atom is 0.256 e. The van der Waals surface area contributed by atoms with Crippen LogP contribution in [-0.4, -0.2) is 66.7 Å². The van der Waals surface area contributed by atoms with Gasteiger partial charge in [0.1, 0.15) is 17.5 Å². The van der Waals surface area contributed by atoms with E-state index in [2.05, 4.69) is 31.2 Å². The van der Waals surface area contributed by atoms with Gasteiger partial charge in [-0.3, -0.25) is 14.4 Å². The molecule has 2 unspecified atom stereocenters. The van der Waals surface area contributed by atoms with E-state index in [4.69, 9.17) is 17.2 Å². The van der Waals surface area contributed by atoms with Gasteiger partial charge in [-0.05, 0) is 131 Å². The zero-order valence-corrected chi connectivity index (χ0v) is 37.5. The first-order valence-corrected chi connectivity index (χ1v) is 24.0. The average molecular weight is 905 g/mol. The molecule has 350 valence electrons. The van der Waals surface area contributed by atoms with Crippen LogP contribution in [0.15, 0.2) is 72.8 Å². The van der Waals surface area contributed by atoms with Gasteiger partial charge in [0.25, 0.3) is 17.7 Å². The summed E-state index contributed by atoms with van der Waals surface area (Å²) in [6.45, 7) is 2.40. The van der Waals surface area contributed by atoms with Crippen molar-refractivity contribution in [3.05, 3.63) is 123 Å². The molecule has 0 saturated heterocycles. The number of aromatic nitrogens is 6. The fourth-order valence-corrected chi connectivity index (χ4v) is 10.9. The number of nitrogens with two attached hydrogens (primary N) is 3. The lowest BCUT2D eigenvalue weighted by Crippen LogP contribution is -2.28. The van der Waals surface area contributed by atoms with Gasteiger partial charge in [0, 0.05) is 53.4 Å². The highest BCUT2D eigenvalue weighted by Crippen LogP contribution is 2.37. The van der Waals surface area contributed by atoms with E-state index < -0.39 is 0 Å². The first-order chi connectivity index (χ1) is 32.3. The summed E-state index contributed by atoms with van der Waals surface area (Å²) in [6.07, 6.45) is 14.8. The third-order valence-electron chi connectivity index (χ3n) is 14.4. The molecule has 6 heterocycles. The van der Waals surface area contributed by atoms with Crippen LogP contribution in [0.4, 0.5) is 34.5 Å². The molecule has 15 heteroatoms. The van der Waals surface area contributed by atoms with E-state index in [0.717, 1.165) is 183 Å². The molecule has 0 spiro atoms. The molecule has 3 aromatic carbocycles. The number of nitrogens with zero attached hydrogens (tertiary/aromatic N) is 6. The summed E-state index contributed by atoms with van der Waals surface area (Å²) in [5.41, 5.74) is 31.2. The minimum atomic E-state index is -0.166. The zero-order chi connectivity index (χ0) is 45.3. The summed E-state index contributed by atoms with van der Waals surface area (Å²) in [4.78, 5) is 39.0. The molecular formula is C52H64N12O3. The monoisotopic (exact) mass is 905 g/mol. The molecule has 0 radical (unpaired) electrons. The highest BCUT2D eigenvalue weighted by atomic mass is 16.2. The largest absolute Gasteiger partial charge is 0.385 e. The molecule has 9 N–H and O–H groups in total. The van der Waals surface area contributed by atoms with Crippen molar-refractivity contribution < 1.29 is 14.4 Å². The Morgan fingerprint density at radius 3 is 0.985 bits per heavy atom. The molecular weight excluding hydrogens is 841 g/mol. The van der Waals surface area contributed by atoms with Gasteiger partial charge in [-0.1, -0.05) is 62.0 Å². The van der Waals surface area contributed by atoms with E-state index in [0.29, 0.717) is 17.5 Å². The predicted molar refractivity (Wildman–Crippen MR) is 265 cm³/mol. The fraction of sp³-hybridized carbons (Fsp3) is 0.423.